The second-order valence-electron chi connectivity index (χ2n) is 5.71. The minimum atomic E-state index is 0.223. The molecular formula is C17H25N3O. The Bertz CT molecular complexity index is 589. The quantitative estimate of drug-likeness (QED) is 0.885. The third-order valence-corrected chi connectivity index (χ3v) is 3.69. The van der Waals surface area contributed by atoms with Crippen LogP contribution in [0.3, 0.4) is 0 Å². The largest absolute Gasteiger partial charge is 0.496 e. The number of benzene rings is 1. The zero-order valence-corrected chi connectivity index (χ0v) is 13.6. The molecule has 1 heterocycles. The molecule has 0 radical (unpaired) electrons. The Morgan fingerprint density at radius 2 is 1.95 bits per heavy atom. The van der Waals surface area contributed by atoms with Crippen LogP contribution in [0.15, 0.2) is 30.5 Å². The van der Waals surface area contributed by atoms with Crippen LogP contribution in [0.25, 0.3) is 0 Å². The third kappa shape index (κ3) is 3.64. The lowest BCUT2D eigenvalue weighted by molar-refractivity contribution is 0.401. The number of methoxy groups -OCH3 is 1. The molecule has 0 aliphatic rings. The summed E-state index contributed by atoms with van der Waals surface area (Å²) in [4.78, 5) is 0. The average Bonchev–Trinajstić information content (AvgIpc) is 2.86. The standard InChI is InChI=1S/C17H25N3O/c1-12(2)17-14(11-20(4)19-17)10-18-13(3)15-8-6-7-9-16(15)21-5/h6-9,11-13,18H,10H2,1-5H3/t13-/m1/s1. The summed E-state index contributed by atoms with van der Waals surface area (Å²) in [5.74, 6) is 1.36. The fourth-order valence-electron chi connectivity index (χ4n) is 2.57. The van der Waals surface area contributed by atoms with Gasteiger partial charge in [0.1, 0.15) is 5.75 Å². The fraction of sp³-hybridized carbons (Fsp3) is 0.471. The van der Waals surface area contributed by atoms with Gasteiger partial charge in [-0.25, -0.2) is 0 Å². The summed E-state index contributed by atoms with van der Waals surface area (Å²) in [6.07, 6.45) is 2.09. The van der Waals surface area contributed by atoms with Crippen molar-refractivity contribution in [1.29, 1.82) is 0 Å². The summed E-state index contributed by atoms with van der Waals surface area (Å²) < 4.78 is 7.32. The zero-order chi connectivity index (χ0) is 15.4. The molecule has 0 saturated carbocycles. The molecule has 0 saturated heterocycles. The van der Waals surface area contributed by atoms with Crippen molar-refractivity contribution in [2.45, 2.75) is 39.3 Å². The first-order chi connectivity index (χ1) is 10.0. The molecule has 0 aliphatic heterocycles. The van der Waals surface area contributed by atoms with Gasteiger partial charge < -0.3 is 10.1 Å². The number of aromatic nitrogens is 2. The van der Waals surface area contributed by atoms with E-state index in [0.717, 1.165) is 18.0 Å². The van der Waals surface area contributed by atoms with Crippen LogP contribution < -0.4 is 10.1 Å². The van der Waals surface area contributed by atoms with Crippen LogP contribution in [0.2, 0.25) is 0 Å². The summed E-state index contributed by atoms with van der Waals surface area (Å²) in [5, 5.41) is 8.11. The molecule has 1 aromatic heterocycles. The van der Waals surface area contributed by atoms with Gasteiger partial charge in [-0.05, 0) is 18.9 Å². The Morgan fingerprint density at radius 3 is 2.62 bits per heavy atom. The number of para-hydroxylation sites is 1. The van der Waals surface area contributed by atoms with Gasteiger partial charge in [-0.2, -0.15) is 5.10 Å². The molecule has 4 heteroatoms. The number of aryl methyl sites for hydroxylation is 1. The lowest BCUT2D eigenvalue weighted by atomic mass is 10.0. The van der Waals surface area contributed by atoms with Crippen LogP contribution in [-0.4, -0.2) is 16.9 Å². The second-order valence-corrected chi connectivity index (χ2v) is 5.71. The summed E-state index contributed by atoms with van der Waals surface area (Å²) in [6, 6.07) is 8.36. The minimum Gasteiger partial charge on any atom is -0.496 e. The summed E-state index contributed by atoms with van der Waals surface area (Å²) >= 11 is 0. The molecule has 4 nitrogen and oxygen atoms in total. The molecule has 0 bridgehead atoms. The molecule has 1 atom stereocenters. The van der Waals surface area contributed by atoms with E-state index >= 15 is 0 Å². The molecular weight excluding hydrogens is 262 g/mol. The number of hydrogen-bond donors (Lipinski definition) is 1. The maximum Gasteiger partial charge on any atom is 0.123 e. The van der Waals surface area contributed by atoms with E-state index in [4.69, 9.17) is 4.74 Å². The maximum absolute atomic E-state index is 5.43. The van der Waals surface area contributed by atoms with Crippen LogP contribution in [0, 0.1) is 0 Å². The van der Waals surface area contributed by atoms with Crippen LogP contribution >= 0.6 is 0 Å². The Morgan fingerprint density at radius 1 is 1.24 bits per heavy atom. The topological polar surface area (TPSA) is 39.1 Å². The first kappa shape index (κ1) is 15.6. The van der Waals surface area contributed by atoms with E-state index in [1.54, 1.807) is 7.11 Å². The Kier molecular flexibility index (Phi) is 5.02. The van der Waals surface area contributed by atoms with Gasteiger partial charge in [0.25, 0.3) is 0 Å². The third-order valence-electron chi connectivity index (χ3n) is 3.69. The van der Waals surface area contributed by atoms with E-state index in [1.807, 2.05) is 29.9 Å². The van der Waals surface area contributed by atoms with Gasteiger partial charge in [0.2, 0.25) is 0 Å². The van der Waals surface area contributed by atoms with Crippen LogP contribution in [0.1, 0.15) is 49.6 Å². The monoisotopic (exact) mass is 287 g/mol. The van der Waals surface area contributed by atoms with Gasteiger partial charge >= 0.3 is 0 Å². The molecule has 0 aliphatic carbocycles. The lowest BCUT2D eigenvalue weighted by Crippen LogP contribution is -2.19. The smallest absolute Gasteiger partial charge is 0.123 e. The molecule has 1 N–H and O–H groups in total. The van der Waals surface area contributed by atoms with Gasteiger partial charge in [-0.1, -0.05) is 32.0 Å². The highest BCUT2D eigenvalue weighted by Crippen LogP contribution is 2.25. The molecule has 21 heavy (non-hydrogen) atoms. The molecule has 114 valence electrons. The summed E-state index contributed by atoms with van der Waals surface area (Å²) in [7, 11) is 3.68. The van der Waals surface area contributed by atoms with Crippen molar-refractivity contribution < 1.29 is 4.74 Å². The van der Waals surface area contributed by atoms with Crippen LogP contribution in [0.5, 0.6) is 5.75 Å². The van der Waals surface area contributed by atoms with Crippen LogP contribution in [0.4, 0.5) is 0 Å². The molecule has 1 aromatic carbocycles. The van der Waals surface area contributed by atoms with Crippen molar-refractivity contribution in [3.63, 3.8) is 0 Å². The molecule has 0 spiro atoms. The molecule has 0 unspecified atom stereocenters. The average molecular weight is 287 g/mol. The molecule has 0 fully saturated rings. The SMILES string of the molecule is COc1ccccc1[C@@H](C)NCc1cn(C)nc1C(C)C. The Balaban J connectivity index is 2.09. The predicted octanol–water partition coefficient (Wildman–Crippen LogP) is 3.40. The van der Waals surface area contributed by atoms with E-state index in [9.17, 15) is 0 Å². The number of nitrogens with one attached hydrogen (secondary N) is 1. The highest BCUT2D eigenvalue weighted by atomic mass is 16.5. The van der Waals surface area contributed by atoms with E-state index in [0.29, 0.717) is 5.92 Å². The number of hydrogen-bond acceptors (Lipinski definition) is 3. The first-order valence-corrected chi connectivity index (χ1v) is 7.41. The van der Waals surface area contributed by atoms with E-state index in [2.05, 4.69) is 43.4 Å². The van der Waals surface area contributed by atoms with Gasteiger partial charge in [0.05, 0.1) is 12.8 Å². The van der Waals surface area contributed by atoms with Crippen LogP contribution in [-0.2, 0) is 13.6 Å². The Labute approximate surface area is 127 Å². The van der Waals surface area contributed by atoms with Crippen molar-refractivity contribution in [1.82, 2.24) is 15.1 Å². The zero-order valence-electron chi connectivity index (χ0n) is 13.6. The first-order valence-electron chi connectivity index (χ1n) is 7.41. The van der Waals surface area contributed by atoms with Gasteiger partial charge in [0, 0.05) is 37.0 Å². The Hall–Kier alpha value is -1.81. The molecule has 0 amide bonds. The lowest BCUT2D eigenvalue weighted by Gasteiger charge is -2.17. The van der Waals surface area contributed by atoms with E-state index in [1.165, 1.54) is 11.1 Å². The highest BCUT2D eigenvalue weighted by Gasteiger charge is 2.14. The number of nitrogens with zero attached hydrogens (tertiary/aromatic N) is 2. The van der Waals surface area contributed by atoms with Crippen molar-refractivity contribution >= 4 is 0 Å². The van der Waals surface area contributed by atoms with Crippen molar-refractivity contribution in [3.05, 3.63) is 47.3 Å². The van der Waals surface area contributed by atoms with Crippen molar-refractivity contribution in [3.8, 4) is 5.75 Å². The van der Waals surface area contributed by atoms with Gasteiger partial charge in [-0.15, -0.1) is 0 Å². The van der Waals surface area contributed by atoms with Crippen molar-refractivity contribution in [2.75, 3.05) is 7.11 Å². The van der Waals surface area contributed by atoms with E-state index < -0.39 is 0 Å². The summed E-state index contributed by atoms with van der Waals surface area (Å²) in [6.45, 7) is 7.31. The predicted molar refractivity (Wildman–Crippen MR) is 85.5 cm³/mol. The van der Waals surface area contributed by atoms with Gasteiger partial charge in [0.15, 0.2) is 0 Å². The van der Waals surface area contributed by atoms with Gasteiger partial charge in [-0.3, -0.25) is 4.68 Å². The normalized spacial score (nSPS) is 12.7. The highest BCUT2D eigenvalue weighted by molar-refractivity contribution is 5.35. The number of rotatable bonds is 6. The van der Waals surface area contributed by atoms with Crippen molar-refractivity contribution in [2.24, 2.45) is 7.05 Å². The van der Waals surface area contributed by atoms with E-state index in [-0.39, 0.29) is 6.04 Å². The fourth-order valence-corrected chi connectivity index (χ4v) is 2.57. The maximum atomic E-state index is 5.43. The second kappa shape index (κ2) is 6.76. The number of ether oxygens (including phenoxy) is 1. The molecule has 2 aromatic rings. The molecule has 2 rings (SSSR count). The minimum absolute atomic E-state index is 0.223. The summed E-state index contributed by atoms with van der Waals surface area (Å²) in [5.41, 5.74) is 3.60.